The van der Waals surface area contributed by atoms with Gasteiger partial charge in [-0.1, -0.05) is 61.5 Å². The summed E-state index contributed by atoms with van der Waals surface area (Å²) < 4.78 is 5.75. The molecule has 0 heterocycles. The predicted octanol–water partition coefficient (Wildman–Crippen LogP) is 2.74. The van der Waals surface area contributed by atoms with Crippen molar-refractivity contribution in [3.63, 3.8) is 0 Å². The van der Waals surface area contributed by atoms with Gasteiger partial charge in [-0.2, -0.15) is 0 Å². The molecular formula is C28H34BrO2P. The van der Waals surface area contributed by atoms with Crippen LogP contribution in [0.1, 0.15) is 40.5 Å². The quantitative estimate of drug-likeness (QED) is 0.342. The van der Waals surface area contributed by atoms with Gasteiger partial charge in [-0.05, 0) is 70.0 Å². The highest BCUT2D eigenvalue weighted by atomic mass is 79.9. The number of esters is 1. The van der Waals surface area contributed by atoms with Crippen molar-refractivity contribution in [1.82, 2.24) is 0 Å². The molecule has 0 aromatic heterocycles. The maximum absolute atomic E-state index is 12.9. The number of halogens is 1. The molecule has 1 atom stereocenters. The van der Waals surface area contributed by atoms with E-state index in [1.165, 1.54) is 15.9 Å². The topological polar surface area (TPSA) is 26.3 Å². The van der Waals surface area contributed by atoms with Crippen LogP contribution in [0.15, 0.2) is 91.0 Å². The molecule has 0 fully saturated rings. The van der Waals surface area contributed by atoms with Crippen LogP contribution >= 0.6 is 7.26 Å². The lowest BCUT2D eigenvalue weighted by Crippen LogP contribution is -3.00. The van der Waals surface area contributed by atoms with E-state index in [2.05, 4.69) is 97.9 Å². The van der Waals surface area contributed by atoms with Crippen molar-refractivity contribution < 1.29 is 26.5 Å². The van der Waals surface area contributed by atoms with Crippen LogP contribution in [-0.4, -0.2) is 17.7 Å². The molecule has 0 amide bonds. The Morgan fingerprint density at radius 3 is 1.47 bits per heavy atom. The lowest BCUT2D eigenvalue weighted by Gasteiger charge is -2.29. The van der Waals surface area contributed by atoms with E-state index in [0.717, 1.165) is 19.0 Å². The van der Waals surface area contributed by atoms with Gasteiger partial charge in [-0.3, -0.25) is 4.79 Å². The summed E-state index contributed by atoms with van der Waals surface area (Å²) in [4.78, 5) is 12.9. The van der Waals surface area contributed by atoms with Crippen molar-refractivity contribution in [2.75, 3.05) is 6.16 Å². The zero-order valence-electron chi connectivity index (χ0n) is 19.5. The molecule has 0 aliphatic rings. The summed E-state index contributed by atoms with van der Waals surface area (Å²) in [6.45, 7) is 7.90. The fraction of sp³-hybridized carbons (Fsp3) is 0.321. The van der Waals surface area contributed by atoms with Crippen LogP contribution in [0.2, 0.25) is 0 Å². The molecule has 0 spiro atoms. The Balaban J connectivity index is 0.00000363. The zero-order chi connectivity index (χ0) is 22.3. The van der Waals surface area contributed by atoms with E-state index in [1.807, 2.05) is 20.8 Å². The zero-order valence-corrected chi connectivity index (χ0v) is 22.0. The summed E-state index contributed by atoms with van der Waals surface area (Å²) in [7, 11) is -1.92. The Hall–Kier alpha value is -1.96. The highest BCUT2D eigenvalue weighted by molar-refractivity contribution is 7.95. The molecule has 3 rings (SSSR count). The molecule has 4 heteroatoms. The van der Waals surface area contributed by atoms with Gasteiger partial charge in [-0.15, -0.1) is 0 Å². The van der Waals surface area contributed by atoms with Gasteiger partial charge < -0.3 is 21.7 Å². The molecule has 0 N–H and O–H groups in total. The minimum Gasteiger partial charge on any atom is -1.00 e. The van der Waals surface area contributed by atoms with Gasteiger partial charge in [-0.25, -0.2) is 0 Å². The Labute approximate surface area is 204 Å². The molecule has 0 aliphatic carbocycles. The average molecular weight is 513 g/mol. The number of carbonyl (C=O) groups excluding carboxylic acids is 1. The SMILES string of the molecule is CCC(CC[P+](c1ccccc1)(c1ccccc1)c1ccccc1)C(=O)OC(C)(C)C.[Br-]. The third kappa shape index (κ3) is 6.30. The van der Waals surface area contributed by atoms with Gasteiger partial charge in [0.15, 0.2) is 0 Å². The van der Waals surface area contributed by atoms with Crippen LogP contribution < -0.4 is 32.9 Å². The van der Waals surface area contributed by atoms with Crippen molar-refractivity contribution in [2.24, 2.45) is 5.92 Å². The molecule has 170 valence electrons. The Morgan fingerprint density at radius 2 is 1.16 bits per heavy atom. The third-order valence-electron chi connectivity index (χ3n) is 5.64. The van der Waals surface area contributed by atoms with Gasteiger partial charge >= 0.3 is 5.97 Å². The maximum atomic E-state index is 12.9. The molecule has 3 aromatic carbocycles. The molecule has 1 unspecified atom stereocenters. The summed E-state index contributed by atoms with van der Waals surface area (Å²) in [5.74, 6) is -0.183. The van der Waals surface area contributed by atoms with E-state index in [9.17, 15) is 4.79 Å². The largest absolute Gasteiger partial charge is 1.00 e. The van der Waals surface area contributed by atoms with Crippen LogP contribution in [0.25, 0.3) is 0 Å². The van der Waals surface area contributed by atoms with Crippen molar-refractivity contribution in [1.29, 1.82) is 0 Å². The summed E-state index contributed by atoms with van der Waals surface area (Å²) in [6.07, 6.45) is 2.52. The number of carbonyl (C=O) groups is 1. The average Bonchev–Trinajstić information content (AvgIpc) is 2.77. The first kappa shape index (κ1) is 26.3. The lowest BCUT2D eigenvalue weighted by molar-refractivity contribution is -0.160. The molecule has 3 aromatic rings. The molecule has 0 bridgehead atoms. The second kappa shape index (κ2) is 11.8. The monoisotopic (exact) mass is 512 g/mol. The molecular weight excluding hydrogens is 479 g/mol. The molecule has 0 aliphatic heterocycles. The third-order valence-corrected chi connectivity index (χ3v) is 10.1. The fourth-order valence-electron chi connectivity index (χ4n) is 4.11. The first-order valence-corrected chi connectivity index (χ1v) is 13.1. The minimum atomic E-state index is -1.92. The normalized spacial score (nSPS) is 12.5. The summed E-state index contributed by atoms with van der Waals surface area (Å²) in [5, 5.41) is 4.06. The van der Waals surface area contributed by atoms with Gasteiger partial charge in [0, 0.05) is 0 Å². The number of hydrogen-bond donors (Lipinski definition) is 0. The van der Waals surface area contributed by atoms with Gasteiger partial charge in [0.05, 0.1) is 12.1 Å². The molecule has 0 saturated carbocycles. The summed E-state index contributed by atoms with van der Waals surface area (Å²) >= 11 is 0. The van der Waals surface area contributed by atoms with Gasteiger partial charge in [0.2, 0.25) is 0 Å². The highest BCUT2D eigenvalue weighted by Gasteiger charge is 2.45. The standard InChI is InChI=1S/C28H34O2P.BrH/c1-5-23(27(29)30-28(2,3)4)21-22-31(24-15-9-6-10-16-24,25-17-11-7-12-18-25)26-19-13-8-14-20-26;/h6-20,23H,5,21-22H2,1-4H3;1H/q+1;/p-1. The summed E-state index contributed by atoms with van der Waals surface area (Å²) in [5.41, 5.74) is -0.463. The number of rotatable bonds is 8. The van der Waals surface area contributed by atoms with Crippen LogP contribution in [0.3, 0.4) is 0 Å². The Morgan fingerprint density at radius 1 is 0.781 bits per heavy atom. The van der Waals surface area contributed by atoms with E-state index < -0.39 is 12.9 Å². The number of benzene rings is 3. The second-order valence-corrected chi connectivity index (χ2v) is 12.6. The van der Waals surface area contributed by atoms with Crippen LogP contribution in [0, 0.1) is 5.92 Å². The molecule has 0 saturated heterocycles. The Kier molecular flexibility index (Phi) is 9.67. The number of ether oxygens (including phenoxy) is 1. The van der Waals surface area contributed by atoms with Crippen molar-refractivity contribution in [3.8, 4) is 0 Å². The van der Waals surface area contributed by atoms with Crippen molar-refractivity contribution >= 4 is 29.1 Å². The predicted molar refractivity (Wildman–Crippen MR) is 134 cm³/mol. The van der Waals surface area contributed by atoms with E-state index in [0.29, 0.717) is 0 Å². The molecule has 32 heavy (non-hydrogen) atoms. The van der Waals surface area contributed by atoms with Crippen molar-refractivity contribution in [3.05, 3.63) is 91.0 Å². The van der Waals surface area contributed by atoms with E-state index in [4.69, 9.17) is 4.74 Å². The van der Waals surface area contributed by atoms with Crippen molar-refractivity contribution in [2.45, 2.75) is 46.1 Å². The number of hydrogen-bond acceptors (Lipinski definition) is 2. The van der Waals surface area contributed by atoms with E-state index in [-0.39, 0.29) is 28.9 Å². The smallest absolute Gasteiger partial charge is 0.309 e. The summed E-state index contributed by atoms with van der Waals surface area (Å²) in [6, 6.07) is 32.5. The maximum Gasteiger partial charge on any atom is 0.309 e. The molecule has 2 nitrogen and oxygen atoms in total. The highest BCUT2D eigenvalue weighted by Crippen LogP contribution is 2.56. The van der Waals surface area contributed by atoms with E-state index >= 15 is 0 Å². The van der Waals surface area contributed by atoms with Crippen LogP contribution in [-0.2, 0) is 9.53 Å². The van der Waals surface area contributed by atoms with E-state index in [1.54, 1.807) is 0 Å². The lowest BCUT2D eigenvalue weighted by atomic mass is 10.0. The minimum absolute atomic E-state index is 0. The Bertz CT molecular complexity index is 856. The van der Waals surface area contributed by atoms with Gasteiger partial charge in [0.1, 0.15) is 28.8 Å². The first-order valence-electron chi connectivity index (χ1n) is 11.1. The van der Waals surface area contributed by atoms with Gasteiger partial charge in [0.25, 0.3) is 0 Å². The second-order valence-electron chi connectivity index (χ2n) is 8.97. The van der Waals surface area contributed by atoms with Crippen LogP contribution in [0.5, 0.6) is 0 Å². The van der Waals surface area contributed by atoms with Crippen LogP contribution in [0.4, 0.5) is 0 Å². The fourth-order valence-corrected chi connectivity index (χ4v) is 8.52. The molecule has 0 radical (unpaired) electrons. The first-order chi connectivity index (χ1) is 14.9.